The molecule has 4 rings (SSSR count). The average molecular weight is 389 g/mol. The summed E-state index contributed by atoms with van der Waals surface area (Å²) in [5, 5.41) is 11.1. The first-order valence-corrected chi connectivity index (χ1v) is 9.60. The Morgan fingerprint density at radius 2 is 2.27 bits per heavy atom. The summed E-state index contributed by atoms with van der Waals surface area (Å²) in [5.74, 6) is -0.182. The van der Waals surface area contributed by atoms with E-state index in [0.29, 0.717) is 16.4 Å². The van der Waals surface area contributed by atoms with Crippen LogP contribution in [0.25, 0.3) is 0 Å². The molecule has 3 aromatic heterocycles. The molecule has 0 saturated carbocycles. The molecule has 1 N–H and O–H groups in total. The molecule has 0 aromatic carbocycles. The van der Waals surface area contributed by atoms with Gasteiger partial charge in [-0.05, 0) is 25.0 Å². The molecule has 1 aliphatic rings. The van der Waals surface area contributed by atoms with Crippen LogP contribution in [0.4, 0.5) is 5.00 Å². The van der Waals surface area contributed by atoms with Crippen LogP contribution in [0.5, 0.6) is 0 Å². The van der Waals surface area contributed by atoms with Crippen LogP contribution in [0.3, 0.4) is 0 Å². The largest absolute Gasteiger partial charge is 0.333 e. The van der Waals surface area contributed by atoms with Crippen molar-refractivity contribution in [3.63, 3.8) is 0 Å². The van der Waals surface area contributed by atoms with E-state index in [1.165, 1.54) is 34.9 Å². The highest BCUT2D eigenvalue weighted by atomic mass is 32.1. The van der Waals surface area contributed by atoms with Crippen LogP contribution in [0.2, 0.25) is 0 Å². The van der Waals surface area contributed by atoms with Gasteiger partial charge in [-0.1, -0.05) is 4.49 Å². The van der Waals surface area contributed by atoms with Gasteiger partial charge in [0.25, 0.3) is 5.91 Å². The molecule has 3 aromatic rings. The smallest absolute Gasteiger partial charge is 0.266 e. The second kappa shape index (κ2) is 7.30. The van der Waals surface area contributed by atoms with E-state index in [0.717, 1.165) is 29.3 Å². The van der Waals surface area contributed by atoms with Crippen LogP contribution in [0, 0.1) is 0 Å². The minimum Gasteiger partial charge on any atom is -0.333 e. The number of anilines is 1. The molecular weight excluding hydrogens is 374 g/mol. The van der Waals surface area contributed by atoms with Gasteiger partial charge in [0.2, 0.25) is 5.91 Å². The van der Waals surface area contributed by atoms with Crippen molar-refractivity contribution in [2.24, 2.45) is 0 Å². The lowest BCUT2D eigenvalue weighted by molar-refractivity contribution is -0.132. The van der Waals surface area contributed by atoms with Crippen molar-refractivity contribution < 1.29 is 9.59 Å². The zero-order valence-corrected chi connectivity index (χ0v) is 15.2. The first-order chi connectivity index (χ1) is 12.7. The Morgan fingerprint density at radius 1 is 1.35 bits per heavy atom. The van der Waals surface area contributed by atoms with Gasteiger partial charge in [-0.15, -0.1) is 16.4 Å². The highest BCUT2D eigenvalue weighted by Crippen LogP contribution is 2.36. The second-order valence-electron chi connectivity index (χ2n) is 5.78. The Hall–Kier alpha value is -2.66. The summed E-state index contributed by atoms with van der Waals surface area (Å²) >= 11 is 2.54. The number of hydrogen-bond donors (Lipinski definition) is 1. The number of nitrogens with one attached hydrogen (secondary N) is 1. The summed E-state index contributed by atoms with van der Waals surface area (Å²) in [7, 11) is 0. The highest BCUT2D eigenvalue weighted by molar-refractivity contribution is 7.14. The molecule has 26 heavy (non-hydrogen) atoms. The first-order valence-electron chi connectivity index (χ1n) is 8.01. The lowest BCUT2D eigenvalue weighted by atomic mass is 10.2. The molecular formula is C15H15N7O2S2. The van der Waals surface area contributed by atoms with Crippen molar-refractivity contribution in [2.45, 2.75) is 25.4 Å². The van der Waals surface area contributed by atoms with Gasteiger partial charge >= 0.3 is 0 Å². The predicted molar refractivity (Wildman–Crippen MR) is 95.9 cm³/mol. The number of hydrogen-bond acceptors (Lipinski definition) is 8. The van der Waals surface area contributed by atoms with Gasteiger partial charge in [-0.25, -0.2) is 9.67 Å². The fraction of sp³-hybridized carbons (Fsp3) is 0.333. The maximum Gasteiger partial charge on any atom is 0.266 e. The topological polar surface area (TPSA) is 106 Å². The van der Waals surface area contributed by atoms with E-state index in [-0.39, 0.29) is 24.4 Å². The number of aromatic nitrogens is 5. The molecule has 0 unspecified atom stereocenters. The van der Waals surface area contributed by atoms with Gasteiger partial charge in [0.15, 0.2) is 0 Å². The quantitative estimate of drug-likeness (QED) is 0.713. The van der Waals surface area contributed by atoms with Gasteiger partial charge < -0.3 is 10.2 Å². The summed E-state index contributed by atoms with van der Waals surface area (Å²) in [6, 6.07) is 3.72. The standard InChI is InChI=1S/C15H15N7O2S2/c23-14(7-21-9-16-8-18-21)22-5-1-2-10(22)11-3-4-12(25-11)15(24)19-13-6-17-20-26-13/h3-4,6,8-10H,1-2,5,7H2,(H,19,24)/t10-/m1/s1. The van der Waals surface area contributed by atoms with Crippen LogP contribution in [0.1, 0.15) is 33.4 Å². The molecule has 1 atom stereocenters. The zero-order chi connectivity index (χ0) is 17.9. The Labute approximate surface area is 156 Å². The van der Waals surface area contributed by atoms with Crippen molar-refractivity contribution in [1.29, 1.82) is 0 Å². The molecule has 2 amide bonds. The summed E-state index contributed by atoms with van der Waals surface area (Å²) in [5.41, 5.74) is 0. The zero-order valence-electron chi connectivity index (χ0n) is 13.6. The van der Waals surface area contributed by atoms with Gasteiger partial charge in [-0.3, -0.25) is 9.59 Å². The van der Waals surface area contributed by atoms with E-state index < -0.39 is 0 Å². The average Bonchev–Trinajstić information content (AvgIpc) is 3.39. The van der Waals surface area contributed by atoms with E-state index in [9.17, 15) is 9.59 Å². The van der Waals surface area contributed by atoms with E-state index >= 15 is 0 Å². The van der Waals surface area contributed by atoms with Crippen molar-refractivity contribution in [3.05, 3.63) is 40.7 Å². The number of likely N-dealkylation sites (tertiary alicyclic amines) is 1. The molecule has 11 heteroatoms. The summed E-state index contributed by atoms with van der Waals surface area (Å²) in [6.45, 7) is 0.887. The molecule has 134 valence electrons. The number of amides is 2. The number of nitrogens with zero attached hydrogens (tertiary/aromatic N) is 6. The number of carbonyl (C=O) groups excluding carboxylic acids is 2. The Kier molecular flexibility index (Phi) is 4.71. The monoisotopic (exact) mass is 389 g/mol. The third-order valence-corrected chi connectivity index (χ3v) is 5.88. The third kappa shape index (κ3) is 3.48. The maximum absolute atomic E-state index is 12.6. The molecule has 0 spiro atoms. The summed E-state index contributed by atoms with van der Waals surface area (Å²) in [4.78, 5) is 32.3. The molecule has 0 bridgehead atoms. The molecule has 1 fully saturated rings. The molecule has 1 aliphatic heterocycles. The van der Waals surface area contributed by atoms with Crippen LogP contribution >= 0.6 is 22.9 Å². The normalized spacial score (nSPS) is 16.8. The van der Waals surface area contributed by atoms with E-state index in [1.54, 1.807) is 6.07 Å². The maximum atomic E-state index is 12.6. The Morgan fingerprint density at radius 3 is 3.04 bits per heavy atom. The fourth-order valence-corrected chi connectivity index (χ4v) is 4.42. The molecule has 9 nitrogen and oxygen atoms in total. The molecule has 4 heterocycles. The molecule has 1 saturated heterocycles. The van der Waals surface area contributed by atoms with Crippen molar-refractivity contribution >= 4 is 39.7 Å². The van der Waals surface area contributed by atoms with Crippen LogP contribution in [-0.4, -0.2) is 47.6 Å². The van der Waals surface area contributed by atoms with Crippen LogP contribution in [0.15, 0.2) is 31.0 Å². The third-order valence-electron chi connectivity index (χ3n) is 4.11. The number of thiophene rings is 1. The van der Waals surface area contributed by atoms with E-state index in [4.69, 9.17) is 0 Å². The van der Waals surface area contributed by atoms with Gasteiger partial charge in [0, 0.05) is 23.0 Å². The second-order valence-corrected chi connectivity index (χ2v) is 7.68. The van der Waals surface area contributed by atoms with Gasteiger partial charge in [0.05, 0.1) is 17.1 Å². The van der Waals surface area contributed by atoms with E-state index in [2.05, 4.69) is 25.0 Å². The Bertz CT molecular complexity index is 891. The summed E-state index contributed by atoms with van der Waals surface area (Å²) < 4.78 is 5.24. The van der Waals surface area contributed by atoms with Gasteiger partial charge in [-0.2, -0.15) is 5.10 Å². The highest BCUT2D eigenvalue weighted by Gasteiger charge is 2.31. The van der Waals surface area contributed by atoms with Gasteiger partial charge in [0.1, 0.15) is 24.2 Å². The minimum atomic E-state index is -0.189. The van der Waals surface area contributed by atoms with Crippen LogP contribution in [-0.2, 0) is 11.3 Å². The lowest BCUT2D eigenvalue weighted by Crippen LogP contribution is -2.33. The summed E-state index contributed by atoms with van der Waals surface area (Å²) in [6.07, 6.45) is 6.30. The molecule has 0 aliphatic carbocycles. The minimum absolute atomic E-state index is 0.00245. The van der Waals surface area contributed by atoms with Crippen molar-refractivity contribution in [2.75, 3.05) is 11.9 Å². The van der Waals surface area contributed by atoms with Crippen molar-refractivity contribution in [3.8, 4) is 0 Å². The van der Waals surface area contributed by atoms with Crippen molar-refractivity contribution in [1.82, 2.24) is 29.3 Å². The van der Waals surface area contributed by atoms with E-state index in [1.807, 2.05) is 11.0 Å². The molecule has 0 radical (unpaired) electrons. The predicted octanol–water partition coefficient (Wildman–Crippen LogP) is 1.81. The Balaban J connectivity index is 1.45. The van der Waals surface area contributed by atoms with Crippen LogP contribution < -0.4 is 5.32 Å². The fourth-order valence-electron chi connectivity index (χ4n) is 2.95. The lowest BCUT2D eigenvalue weighted by Gasteiger charge is -2.23. The number of rotatable bonds is 5. The SMILES string of the molecule is O=C(Nc1cnns1)c1ccc([C@H]2CCCN2C(=O)Cn2cncn2)s1. The first kappa shape index (κ1) is 16.8. The number of carbonyl (C=O) groups is 2.